The lowest BCUT2D eigenvalue weighted by atomic mass is 9.86. The number of aromatic nitrogens is 1. The van der Waals surface area contributed by atoms with Crippen molar-refractivity contribution in [2.24, 2.45) is 0 Å². The molecule has 0 aliphatic carbocycles. The summed E-state index contributed by atoms with van der Waals surface area (Å²) in [5.74, 6) is 0.161. The molecule has 7 rings (SSSR count). The molecule has 12 heteroatoms. The van der Waals surface area contributed by atoms with E-state index in [-0.39, 0.29) is 28.8 Å². The molecular weight excluding hydrogens is 629 g/mol. The van der Waals surface area contributed by atoms with E-state index >= 15 is 0 Å². The van der Waals surface area contributed by atoms with Crippen LogP contribution in [0.1, 0.15) is 34.3 Å². The Morgan fingerprint density at radius 1 is 0.957 bits per heavy atom. The number of halogens is 4. The van der Waals surface area contributed by atoms with Gasteiger partial charge in [0.2, 0.25) is 11.7 Å². The molecular formula is C35H32ClF3N6O2. The zero-order valence-electron chi connectivity index (χ0n) is 25.3. The SMILES string of the molecule is O=C(c1cccc(-c2cnc3c(c2)N(Cc2cc(Cl)ccc2C(F)(F)F)CCN3)c1)C1NC(=O)C2(CCNCC2)N1c1ccccc1. The van der Waals surface area contributed by atoms with Crippen molar-refractivity contribution in [1.29, 1.82) is 0 Å². The van der Waals surface area contributed by atoms with Crippen LogP contribution >= 0.6 is 11.6 Å². The number of hydrogen-bond donors (Lipinski definition) is 3. The minimum Gasteiger partial charge on any atom is -0.367 e. The van der Waals surface area contributed by atoms with E-state index in [1.165, 1.54) is 12.1 Å². The van der Waals surface area contributed by atoms with Crippen LogP contribution in [-0.4, -0.2) is 54.6 Å². The van der Waals surface area contributed by atoms with Crippen LogP contribution in [0.4, 0.5) is 30.4 Å². The number of nitrogens with zero attached hydrogens (tertiary/aromatic N) is 3. The van der Waals surface area contributed by atoms with E-state index in [2.05, 4.69) is 20.9 Å². The highest BCUT2D eigenvalue weighted by Gasteiger charge is 2.55. The number of hydrogen-bond acceptors (Lipinski definition) is 7. The molecule has 1 unspecified atom stereocenters. The van der Waals surface area contributed by atoms with Gasteiger partial charge in [0.15, 0.2) is 6.17 Å². The lowest BCUT2D eigenvalue weighted by Crippen LogP contribution is -2.57. The van der Waals surface area contributed by atoms with Gasteiger partial charge in [0.25, 0.3) is 0 Å². The number of Topliss-reactive ketones (excluding diaryl/α,β-unsaturated/α-hetero) is 1. The second-order valence-corrected chi connectivity index (χ2v) is 12.5. The number of amides is 1. The highest BCUT2D eigenvalue weighted by molar-refractivity contribution is 6.30. The summed E-state index contributed by atoms with van der Waals surface area (Å²) in [7, 11) is 0. The van der Waals surface area contributed by atoms with Gasteiger partial charge in [0.05, 0.1) is 11.3 Å². The molecule has 0 radical (unpaired) electrons. The van der Waals surface area contributed by atoms with Gasteiger partial charge in [-0.1, -0.05) is 48.0 Å². The van der Waals surface area contributed by atoms with Crippen LogP contribution in [0.5, 0.6) is 0 Å². The first-order valence-corrected chi connectivity index (χ1v) is 15.9. The Balaban J connectivity index is 1.20. The smallest absolute Gasteiger partial charge is 0.367 e. The van der Waals surface area contributed by atoms with E-state index < -0.39 is 23.4 Å². The third-order valence-electron chi connectivity index (χ3n) is 9.22. The van der Waals surface area contributed by atoms with Crippen LogP contribution in [-0.2, 0) is 17.5 Å². The van der Waals surface area contributed by atoms with Crippen molar-refractivity contribution < 1.29 is 22.8 Å². The first-order valence-electron chi connectivity index (χ1n) is 15.5. The Kier molecular flexibility index (Phi) is 8.05. The van der Waals surface area contributed by atoms with Crippen molar-refractivity contribution in [3.8, 4) is 11.1 Å². The summed E-state index contributed by atoms with van der Waals surface area (Å²) in [6.07, 6.45) is -2.59. The minimum atomic E-state index is -4.52. The van der Waals surface area contributed by atoms with Gasteiger partial charge in [-0.2, -0.15) is 13.2 Å². The molecule has 1 atom stereocenters. The molecule has 8 nitrogen and oxygen atoms in total. The van der Waals surface area contributed by atoms with Gasteiger partial charge in [-0.05, 0) is 79.5 Å². The zero-order valence-corrected chi connectivity index (χ0v) is 26.0. The first-order chi connectivity index (χ1) is 22.6. The average molecular weight is 661 g/mol. The van der Waals surface area contributed by atoms with Gasteiger partial charge in [-0.3, -0.25) is 9.59 Å². The summed E-state index contributed by atoms with van der Waals surface area (Å²) in [4.78, 5) is 36.1. The third-order valence-corrected chi connectivity index (χ3v) is 9.46. The van der Waals surface area contributed by atoms with Crippen LogP contribution in [0, 0.1) is 0 Å². The monoisotopic (exact) mass is 660 g/mol. The van der Waals surface area contributed by atoms with Crippen molar-refractivity contribution in [3.63, 3.8) is 0 Å². The van der Waals surface area contributed by atoms with Gasteiger partial charge < -0.3 is 25.8 Å². The number of piperidine rings is 1. The molecule has 3 aromatic carbocycles. The number of pyridine rings is 1. The molecule has 3 aliphatic rings. The molecule has 3 N–H and O–H groups in total. The summed E-state index contributed by atoms with van der Waals surface area (Å²) >= 11 is 6.10. The van der Waals surface area contributed by atoms with Crippen LogP contribution in [0.25, 0.3) is 11.1 Å². The van der Waals surface area contributed by atoms with Crippen LogP contribution in [0.2, 0.25) is 5.02 Å². The van der Waals surface area contributed by atoms with E-state index in [0.717, 1.165) is 11.8 Å². The lowest BCUT2D eigenvalue weighted by Gasteiger charge is -2.42. The highest BCUT2D eigenvalue weighted by Crippen LogP contribution is 2.40. The number of ketones is 1. The number of nitrogens with one attached hydrogen (secondary N) is 3. The second kappa shape index (κ2) is 12.2. The summed E-state index contributed by atoms with van der Waals surface area (Å²) < 4.78 is 41.5. The van der Waals surface area contributed by atoms with Crippen LogP contribution in [0.15, 0.2) is 85.1 Å². The van der Waals surface area contributed by atoms with E-state index in [4.69, 9.17) is 11.6 Å². The van der Waals surface area contributed by atoms with Crippen molar-refractivity contribution in [2.75, 3.05) is 41.3 Å². The standard InChI is InChI=1S/C35H32ClF3N6O2/c36-26-9-10-28(35(37,38)39)25(18-26)21-44-16-15-41-31-29(44)19-24(20-42-31)22-5-4-6-23(17-22)30(46)32-43-33(47)34(11-13-40-14-12-34)45(32)27-7-2-1-3-8-27/h1-10,17-20,32,40H,11-16,21H2,(H,41,42)(H,43,47). The van der Waals surface area contributed by atoms with E-state index in [1.54, 1.807) is 24.4 Å². The quantitative estimate of drug-likeness (QED) is 0.215. The molecule has 47 heavy (non-hydrogen) atoms. The van der Waals surface area contributed by atoms with Gasteiger partial charge in [0.1, 0.15) is 11.4 Å². The molecule has 0 bridgehead atoms. The maximum absolute atomic E-state index is 14.2. The van der Waals surface area contributed by atoms with E-state index in [1.807, 2.05) is 52.3 Å². The number of rotatable bonds is 6. The Morgan fingerprint density at radius 2 is 1.74 bits per heavy atom. The molecule has 3 aliphatic heterocycles. The number of para-hydroxylation sites is 1. The predicted octanol–water partition coefficient (Wildman–Crippen LogP) is 6.12. The summed E-state index contributed by atoms with van der Waals surface area (Å²) in [6.45, 7) is 2.28. The number of alkyl halides is 3. The van der Waals surface area contributed by atoms with Crippen molar-refractivity contribution in [1.82, 2.24) is 15.6 Å². The lowest BCUT2D eigenvalue weighted by molar-refractivity contribution is -0.138. The van der Waals surface area contributed by atoms with Gasteiger partial charge >= 0.3 is 6.18 Å². The molecule has 0 saturated carbocycles. The molecule has 4 heterocycles. The maximum atomic E-state index is 14.2. The van der Waals surface area contributed by atoms with Crippen molar-refractivity contribution in [2.45, 2.75) is 37.3 Å². The average Bonchev–Trinajstić information content (AvgIpc) is 3.35. The Hall–Kier alpha value is -4.61. The van der Waals surface area contributed by atoms with Gasteiger partial charge in [-0.25, -0.2) is 4.98 Å². The Labute approximate surface area is 274 Å². The normalized spacial score (nSPS) is 18.9. The fourth-order valence-electron chi connectivity index (χ4n) is 6.92. The van der Waals surface area contributed by atoms with Gasteiger partial charge in [0, 0.05) is 47.7 Å². The van der Waals surface area contributed by atoms with Crippen LogP contribution in [0.3, 0.4) is 0 Å². The molecule has 2 saturated heterocycles. The Bertz CT molecular complexity index is 1830. The van der Waals surface area contributed by atoms with Gasteiger partial charge in [-0.15, -0.1) is 0 Å². The van der Waals surface area contributed by atoms with Crippen LogP contribution < -0.4 is 25.8 Å². The summed E-state index contributed by atoms with van der Waals surface area (Å²) in [5, 5.41) is 9.78. The number of fused-ring (bicyclic) bond motifs is 1. The zero-order chi connectivity index (χ0) is 32.8. The Morgan fingerprint density at radius 3 is 2.51 bits per heavy atom. The molecule has 2 fully saturated rings. The molecule has 1 aromatic heterocycles. The predicted molar refractivity (Wildman–Crippen MR) is 176 cm³/mol. The molecule has 1 amide bonds. The fourth-order valence-corrected chi connectivity index (χ4v) is 7.12. The number of carbonyl (C=O) groups is 2. The largest absolute Gasteiger partial charge is 0.416 e. The highest BCUT2D eigenvalue weighted by atomic mass is 35.5. The fraction of sp³-hybridized carbons (Fsp3) is 0.286. The second-order valence-electron chi connectivity index (χ2n) is 12.0. The maximum Gasteiger partial charge on any atom is 0.416 e. The molecule has 242 valence electrons. The number of anilines is 3. The summed E-state index contributed by atoms with van der Waals surface area (Å²) in [5.41, 5.74) is 1.77. The summed E-state index contributed by atoms with van der Waals surface area (Å²) in [6, 6.07) is 22.1. The molecule has 4 aromatic rings. The van der Waals surface area contributed by atoms with E-state index in [9.17, 15) is 22.8 Å². The minimum absolute atomic E-state index is 0.0122. The van der Waals surface area contributed by atoms with Crippen molar-refractivity contribution >= 4 is 40.5 Å². The first kappa shape index (κ1) is 31.0. The van der Waals surface area contributed by atoms with Crippen molar-refractivity contribution in [3.05, 3.63) is 107 Å². The molecule has 1 spiro atoms. The number of carbonyl (C=O) groups excluding carboxylic acids is 2. The van der Waals surface area contributed by atoms with E-state index in [0.29, 0.717) is 67.2 Å². The third kappa shape index (κ3) is 5.78. The number of benzene rings is 3. The topological polar surface area (TPSA) is 89.6 Å².